The van der Waals surface area contributed by atoms with Gasteiger partial charge in [-0.1, -0.05) is 151 Å². The normalized spacial score (nSPS) is 14.4. The van der Waals surface area contributed by atoms with Crippen LogP contribution in [-0.4, -0.2) is 19.5 Å². The van der Waals surface area contributed by atoms with Crippen molar-refractivity contribution in [3.05, 3.63) is 170 Å². The van der Waals surface area contributed by atoms with Crippen LogP contribution in [0.4, 0.5) is 0 Å². The molecule has 3 aromatic heterocycles. The summed E-state index contributed by atoms with van der Waals surface area (Å²) < 4.78 is 96.1. The molecule has 5 nitrogen and oxygen atoms in total. The van der Waals surface area contributed by atoms with E-state index in [0.29, 0.717) is 11.1 Å². The second-order valence-electron chi connectivity index (χ2n) is 11.7. The summed E-state index contributed by atoms with van der Waals surface area (Å²) in [7, 11) is 0. The Morgan fingerprint density at radius 1 is 0.440 bits per heavy atom. The summed E-state index contributed by atoms with van der Waals surface area (Å²) in [5.74, 6) is 0.347. The molecule has 10 aromatic rings. The number of rotatable bonds is 5. The van der Waals surface area contributed by atoms with Gasteiger partial charge in [-0.25, -0.2) is 4.98 Å². The van der Waals surface area contributed by atoms with Crippen LogP contribution < -0.4 is 0 Å². The molecular weight excluding hydrogens is 613 g/mol. The lowest BCUT2D eigenvalue weighted by Crippen LogP contribution is -2.06. The summed E-state index contributed by atoms with van der Waals surface area (Å²) in [6, 6.07) is 30.0. The second-order valence-corrected chi connectivity index (χ2v) is 11.7. The number of benzene rings is 7. The van der Waals surface area contributed by atoms with Gasteiger partial charge in [0.1, 0.15) is 11.1 Å². The van der Waals surface area contributed by atoms with Crippen LogP contribution in [0.2, 0.25) is 0 Å². The van der Waals surface area contributed by atoms with Crippen molar-refractivity contribution in [2.24, 2.45) is 0 Å². The first-order valence-electron chi connectivity index (χ1n) is 20.9. The molecule has 0 N–H and O–H groups in total. The molecule has 0 amide bonds. The Balaban J connectivity index is 1.33. The fraction of sp³-hybridized carbons (Fsp3) is 0. The molecule has 0 bridgehead atoms. The van der Waals surface area contributed by atoms with E-state index in [0.717, 1.165) is 22.3 Å². The molecule has 0 fully saturated rings. The van der Waals surface area contributed by atoms with Gasteiger partial charge < -0.3 is 4.42 Å². The first kappa shape index (κ1) is 19.8. The van der Waals surface area contributed by atoms with Crippen molar-refractivity contribution in [2.75, 3.05) is 0 Å². The summed E-state index contributed by atoms with van der Waals surface area (Å²) in [5, 5.41) is -0.343. The van der Waals surface area contributed by atoms with E-state index < -0.39 is 60.4 Å². The molecule has 0 saturated carbocycles. The maximum Gasteiger partial charge on any atom is 0.238 e. The van der Waals surface area contributed by atoms with Gasteiger partial charge in [0, 0.05) is 32.7 Å². The minimum atomic E-state index is -0.559. The number of hydrogen-bond acceptors (Lipinski definition) is 4. The summed E-state index contributed by atoms with van der Waals surface area (Å²) in [6.07, 6.45) is 0. The largest absolute Gasteiger partial charge is 0.454 e. The van der Waals surface area contributed by atoms with E-state index in [1.54, 1.807) is 0 Å². The van der Waals surface area contributed by atoms with Crippen LogP contribution >= 0.6 is 0 Å². The topological polar surface area (TPSA) is 56.7 Å². The Labute approximate surface area is 301 Å². The predicted molar refractivity (Wildman–Crippen MR) is 203 cm³/mol. The van der Waals surface area contributed by atoms with E-state index in [4.69, 9.17) is 29.0 Å². The molecule has 3 heterocycles. The number of nitrogens with zero attached hydrogens (tertiary/aromatic N) is 4. The highest BCUT2D eigenvalue weighted by Crippen LogP contribution is 2.40. The average Bonchev–Trinajstić information content (AvgIpc) is 3.87. The SMILES string of the molecule is [2H]c1c([2H])c([2H])c2c(oc3c2c([2H])c([2H])c2c4c([2H])c([2H])c([2H])c([2H])c4n(-c4nc(-c5ccc(-c6ccccc6)cc5)nc(-c5ccc(-c6ccccc6)cc5)n4)c32)c1[2H]. The van der Waals surface area contributed by atoms with Crippen molar-refractivity contribution in [3.8, 4) is 51.0 Å². The Kier molecular flexibility index (Phi) is 4.52. The highest BCUT2D eigenvalue weighted by molar-refractivity contribution is 6.21. The third kappa shape index (κ3) is 4.60. The number of fused-ring (bicyclic) bond motifs is 7. The fourth-order valence-electron chi connectivity index (χ4n) is 6.37. The van der Waals surface area contributed by atoms with Gasteiger partial charge in [-0.3, -0.25) is 4.57 Å². The Morgan fingerprint density at radius 2 is 0.940 bits per heavy atom. The molecule has 10 rings (SSSR count). The first-order valence-corrected chi connectivity index (χ1v) is 15.9. The smallest absolute Gasteiger partial charge is 0.238 e. The Morgan fingerprint density at radius 3 is 1.56 bits per heavy atom. The van der Waals surface area contributed by atoms with Gasteiger partial charge >= 0.3 is 0 Å². The second kappa shape index (κ2) is 11.4. The monoisotopic (exact) mass is 650 g/mol. The molecule has 0 aliphatic rings. The molecule has 0 aliphatic carbocycles. The van der Waals surface area contributed by atoms with Crippen LogP contribution in [0.25, 0.3) is 94.7 Å². The van der Waals surface area contributed by atoms with E-state index in [1.165, 1.54) is 4.57 Å². The molecule has 7 aromatic carbocycles. The number of furan rings is 1. The minimum Gasteiger partial charge on any atom is -0.454 e. The summed E-state index contributed by atoms with van der Waals surface area (Å²) in [5.41, 5.74) is 4.66. The average molecular weight is 651 g/mol. The zero-order valence-electron chi connectivity index (χ0n) is 36.1. The fourth-order valence-corrected chi connectivity index (χ4v) is 6.37. The maximum absolute atomic E-state index is 9.35. The zero-order valence-corrected chi connectivity index (χ0v) is 26.1. The van der Waals surface area contributed by atoms with Crippen molar-refractivity contribution in [1.29, 1.82) is 0 Å². The van der Waals surface area contributed by atoms with Crippen LogP contribution in [0.3, 0.4) is 0 Å². The van der Waals surface area contributed by atoms with Crippen LogP contribution in [-0.2, 0) is 0 Å². The van der Waals surface area contributed by atoms with E-state index in [-0.39, 0.29) is 61.3 Å². The lowest BCUT2D eigenvalue weighted by Gasteiger charge is -2.12. The van der Waals surface area contributed by atoms with Crippen molar-refractivity contribution in [1.82, 2.24) is 19.5 Å². The maximum atomic E-state index is 9.35. The van der Waals surface area contributed by atoms with Crippen molar-refractivity contribution in [2.45, 2.75) is 0 Å². The van der Waals surface area contributed by atoms with Gasteiger partial charge in [-0.15, -0.1) is 0 Å². The molecular formula is C45H28N4O. The molecule has 5 heteroatoms. The Bertz CT molecular complexity index is 3310. The lowest BCUT2D eigenvalue weighted by molar-refractivity contribution is 0.670. The van der Waals surface area contributed by atoms with E-state index in [9.17, 15) is 4.11 Å². The third-order valence-corrected chi connectivity index (χ3v) is 8.79. The van der Waals surface area contributed by atoms with Crippen LogP contribution in [0.1, 0.15) is 13.7 Å². The number of para-hydroxylation sites is 2. The van der Waals surface area contributed by atoms with Gasteiger partial charge in [-0.05, 0) is 40.4 Å². The molecule has 0 saturated heterocycles. The van der Waals surface area contributed by atoms with E-state index >= 15 is 0 Å². The van der Waals surface area contributed by atoms with Gasteiger partial charge in [0.25, 0.3) is 0 Å². The molecule has 0 radical (unpaired) electrons. The van der Waals surface area contributed by atoms with Crippen molar-refractivity contribution in [3.63, 3.8) is 0 Å². The number of hydrogen-bond donors (Lipinski definition) is 0. The molecule has 50 heavy (non-hydrogen) atoms. The van der Waals surface area contributed by atoms with Crippen LogP contribution in [0.15, 0.2) is 174 Å². The molecule has 0 atom stereocenters. The van der Waals surface area contributed by atoms with Gasteiger partial charge in [-0.2, -0.15) is 9.97 Å². The van der Waals surface area contributed by atoms with E-state index in [2.05, 4.69) is 0 Å². The van der Waals surface area contributed by atoms with Gasteiger partial charge in [0.05, 0.1) is 19.2 Å². The van der Waals surface area contributed by atoms with E-state index in [1.807, 2.05) is 109 Å². The first-order chi connectivity index (χ1) is 28.9. The third-order valence-electron chi connectivity index (χ3n) is 8.79. The van der Waals surface area contributed by atoms with Gasteiger partial charge in [0.15, 0.2) is 17.2 Å². The molecule has 0 aliphatic heterocycles. The highest BCUT2D eigenvalue weighted by Gasteiger charge is 2.22. The zero-order chi connectivity index (χ0) is 41.7. The quantitative estimate of drug-likeness (QED) is 0.186. The predicted octanol–water partition coefficient (Wildman–Crippen LogP) is 11.5. The number of aromatic nitrogens is 4. The molecule has 0 unspecified atom stereocenters. The Hall–Kier alpha value is -6.85. The summed E-state index contributed by atoms with van der Waals surface area (Å²) in [6.45, 7) is 0. The lowest BCUT2D eigenvalue weighted by atomic mass is 10.0. The summed E-state index contributed by atoms with van der Waals surface area (Å²) >= 11 is 0. The highest BCUT2D eigenvalue weighted by atomic mass is 16.3. The molecule has 0 spiro atoms. The van der Waals surface area contributed by atoms with Crippen molar-refractivity contribution < 1.29 is 18.1 Å². The standard InChI is InChI=1S/C45H28N4O/c1-3-11-29(12-4-1)31-19-23-33(24-20-31)43-46-44(34-25-21-32(22-26-34)30-13-5-2-6-14-30)48-45(47-43)49-39-17-9-7-15-35(39)37-27-28-38-36-16-8-10-18-40(36)50-42(38)41(37)49/h1-28H/i7D,8D,9D,10D,15D,16D,17D,18D,27D,28D. The summed E-state index contributed by atoms with van der Waals surface area (Å²) in [4.78, 5) is 14.8. The molecule has 234 valence electrons. The van der Waals surface area contributed by atoms with Crippen LogP contribution in [0.5, 0.6) is 0 Å². The van der Waals surface area contributed by atoms with Crippen molar-refractivity contribution >= 4 is 43.7 Å². The minimum absolute atomic E-state index is 0.0111. The van der Waals surface area contributed by atoms with Gasteiger partial charge in [0.2, 0.25) is 5.95 Å². The van der Waals surface area contributed by atoms with Crippen LogP contribution in [0, 0.1) is 0 Å².